The van der Waals surface area contributed by atoms with Crippen LogP contribution in [0.1, 0.15) is 49.6 Å². The number of rotatable bonds is 6. The van der Waals surface area contributed by atoms with Crippen molar-refractivity contribution in [2.24, 2.45) is 5.73 Å². The molecule has 152 valence electrons. The maximum Gasteiger partial charge on any atom is 0.338 e. The fourth-order valence-corrected chi connectivity index (χ4v) is 4.54. The summed E-state index contributed by atoms with van der Waals surface area (Å²) in [5, 5.41) is 13.9. The Kier molecular flexibility index (Phi) is 5.92. The number of nitro groups is 1. The third kappa shape index (κ3) is 4.43. The van der Waals surface area contributed by atoms with E-state index >= 15 is 0 Å². The van der Waals surface area contributed by atoms with E-state index in [1.165, 1.54) is 23.5 Å². The molecule has 10 heteroatoms. The minimum Gasteiger partial charge on any atom is -0.452 e. The van der Waals surface area contributed by atoms with Crippen LogP contribution in [0.15, 0.2) is 18.2 Å². The van der Waals surface area contributed by atoms with E-state index in [-0.39, 0.29) is 11.3 Å². The van der Waals surface area contributed by atoms with Crippen molar-refractivity contribution in [2.45, 2.75) is 32.6 Å². The molecule has 1 heterocycles. The smallest absolute Gasteiger partial charge is 0.338 e. The minimum atomic E-state index is -0.858. The van der Waals surface area contributed by atoms with Crippen LogP contribution in [0.4, 0.5) is 10.7 Å². The number of amides is 2. The second kappa shape index (κ2) is 8.39. The summed E-state index contributed by atoms with van der Waals surface area (Å²) in [4.78, 5) is 47.6. The Morgan fingerprint density at radius 2 is 2.00 bits per heavy atom. The van der Waals surface area contributed by atoms with Crippen molar-refractivity contribution in [3.05, 3.63) is 55.4 Å². The van der Waals surface area contributed by atoms with Crippen molar-refractivity contribution < 1.29 is 24.0 Å². The molecule has 1 aliphatic rings. The summed E-state index contributed by atoms with van der Waals surface area (Å²) in [6.07, 6.45) is 3.54. The number of nitrogens with one attached hydrogen (secondary N) is 1. The topological polar surface area (TPSA) is 142 Å². The lowest BCUT2D eigenvalue weighted by Gasteiger charge is -2.11. The maximum absolute atomic E-state index is 12.2. The number of primary amides is 1. The first-order valence-electron chi connectivity index (χ1n) is 8.94. The van der Waals surface area contributed by atoms with E-state index in [9.17, 15) is 24.5 Å². The van der Waals surface area contributed by atoms with Gasteiger partial charge in [0, 0.05) is 16.5 Å². The van der Waals surface area contributed by atoms with Crippen LogP contribution in [0.2, 0.25) is 0 Å². The number of benzene rings is 1. The molecule has 2 amide bonds. The molecule has 29 heavy (non-hydrogen) atoms. The summed E-state index contributed by atoms with van der Waals surface area (Å²) in [5.41, 5.74) is 6.85. The lowest BCUT2D eigenvalue weighted by molar-refractivity contribution is -0.385. The van der Waals surface area contributed by atoms with Crippen LogP contribution in [-0.4, -0.2) is 29.3 Å². The van der Waals surface area contributed by atoms with Crippen LogP contribution in [0.3, 0.4) is 0 Å². The molecule has 0 saturated heterocycles. The van der Waals surface area contributed by atoms with Crippen molar-refractivity contribution >= 4 is 39.8 Å². The van der Waals surface area contributed by atoms with Gasteiger partial charge in [0.2, 0.25) is 0 Å². The molecule has 9 nitrogen and oxygen atoms in total. The minimum absolute atomic E-state index is 0.0282. The van der Waals surface area contributed by atoms with E-state index in [2.05, 4.69) is 5.32 Å². The Hall–Kier alpha value is -3.27. The van der Waals surface area contributed by atoms with Gasteiger partial charge < -0.3 is 15.8 Å². The van der Waals surface area contributed by atoms with Gasteiger partial charge in [0.1, 0.15) is 5.00 Å². The van der Waals surface area contributed by atoms with Crippen molar-refractivity contribution in [3.63, 3.8) is 0 Å². The molecule has 0 atom stereocenters. The van der Waals surface area contributed by atoms with Crippen LogP contribution < -0.4 is 11.1 Å². The van der Waals surface area contributed by atoms with Gasteiger partial charge in [-0.05, 0) is 44.2 Å². The quantitative estimate of drug-likeness (QED) is 0.420. The molecule has 0 aliphatic heterocycles. The number of ether oxygens (including phenoxy) is 1. The average molecular weight is 417 g/mol. The molecule has 0 spiro atoms. The van der Waals surface area contributed by atoms with Gasteiger partial charge in [-0.2, -0.15) is 0 Å². The van der Waals surface area contributed by atoms with E-state index in [1.54, 1.807) is 6.92 Å². The fraction of sp³-hybridized carbons (Fsp3) is 0.316. The van der Waals surface area contributed by atoms with Crippen LogP contribution in [0.25, 0.3) is 0 Å². The number of hydrogen-bond acceptors (Lipinski definition) is 7. The van der Waals surface area contributed by atoms with E-state index in [4.69, 9.17) is 10.5 Å². The highest BCUT2D eigenvalue weighted by atomic mass is 32.1. The highest BCUT2D eigenvalue weighted by Crippen LogP contribution is 2.37. The first-order chi connectivity index (χ1) is 13.8. The number of hydrogen-bond donors (Lipinski definition) is 2. The molecule has 0 fully saturated rings. The van der Waals surface area contributed by atoms with E-state index < -0.39 is 29.3 Å². The maximum atomic E-state index is 12.2. The van der Waals surface area contributed by atoms with Crippen molar-refractivity contribution in [2.75, 3.05) is 11.9 Å². The first kappa shape index (κ1) is 20.5. The Morgan fingerprint density at radius 1 is 1.28 bits per heavy atom. The second-order valence-corrected chi connectivity index (χ2v) is 7.77. The summed E-state index contributed by atoms with van der Waals surface area (Å²) < 4.78 is 4.95. The lowest BCUT2D eigenvalue weighted by Crippen LogP contribution is -2.23. The summed E-state index contributed by atoms with van der Waals surface area (Å²) in [6.45, 7) is 0.957. The van der Waals surface area contributed by atoms with Crippen LogP contribution in [0, 0.1) is 17.0 Å². The zero-order valence-electron chi connectivity index (χ0n) is 15.6. The molecular weight excluding hydrogens is 398 g/mol. The van der Waals surface area contributed by atoms with Crippen molar-refractivity contribution in [1.82, 2.24) is 0 Å². The van der Waals surface area contributed by atoms with Gasteiger partial charge in [-0.3, -0.25) is 19.7 Å². The van der Waals surface area contributed by atoms with Gasteiger partial charge >= 0.3 is 5.97 Å². The molecule has 1 aromatic carbocycles. The largest absolute Gasteiger partial charge is 0.452 e. The molecule has 2 aromatic rings. The summed E-state index contributed by atoms with van der Waals surface area (Å²) in [7, 11) is 0. The van der Waals surface area contributed by atoms with Crippen LogP contribution >= 0.6 is 11.3 Å². The number of carbonyl (C=O) groups excluding carboxylic acids is 3. The number of carbonyl (C=O) groups is 3. The molecule has 3 rings (SSSR count). The summed E-state index contributed by atoms with van der Waals surface area (Å²) in [5.74, 6) is -2.09. The standard InChI is InChI=1S/C19H19N3O6S/c1-10-6-7-11(8-13(10)22(26)27)19(25)28-9-15(23)21-18-16(17(20)24)12-4-2-3-5-14(12)29-18/h6-8H,2-5,9H2,1H3,(H2,20,24)(H,21,23). The Morgan fingerprint density at radius 3 is 2.69 bits per heavy atom. The van der Waals surface area contributed by atoms with Gasteiger partial charge in [0.05, 0.1) is 16.1 Å². The number of nitrogens with two attached hydrogens (primary N) is 1. The highest BCUT2D eigenvalue weighted by Gasteiger charge is 2.25. The van der Waals surface area contributed by atoms with Crippen molar-refractivity contribution in [1.29, 1.82) is 0 Å². The Balaban J connectivity index is 1.67. The average Bonchev–Trinajstić information content (AvgIpc) is 3.04. The van der Waals surface area contributed by atoms with Gasteiger partial charge in [0.15, 0.2) is 6.61 Å². The second-order valence-electron chi connectivity index (χ2n) is 6.66. The van der Waals surface area contributed by atoms with Crippen molar-refractivity contribution in [3.8, 4) is 0 Å². The molecule has 1 aliphatic carbocycles. The molecule has 1 aromatic heterocycles. The zero-order valence-corrected chi connectivity index (χ0v) is 16.5. The molecule has 0 bridgehead atoms. The Bertz CT molecular complexity index is 1010. The number of nitro benzene ring substituents is 1. The third-order valence-electron chi connectivity index (χ3n) is 4.65. The number of fused-ring (bicyclic) bond motifs is 1. The molecule has 3 N–H and O–H groups in total. The third-order valence-corrected chi connectivity index (χ3v) is 5.85. The van der Waals surface area contributed by atoms with Gasteiger partial charge in [-0.1, -0.05) is 6.07 Å². The zero-order chi connectivity index (χ0) is 21.1. The SMILES string of the molecule is Cc1ccc(C(=O)OCC(=O)Nc2sc3c(c2C(N)=O)CCCC3)cc1[N+](=O)[O-]. The fourth-order valence-electron chi connectivity index (χ4n) is 3.22. The predicted molar refractivity (Wildman–Crippen MR) is 106 cm³/mol. The molecule has 0 unspecified atom stereocenters. The number of nitrogens with zero attached hydrogens (tertiary/aromatic N) is 1. The monoisotopic (exact) mass is 417 g/mol. The van der Waals surface area contributed by atoms with E-state index in [1.807, 2.05) is 0 Å². The van der Waals surface area contributed by atoms with Gasteiger partial charge in [-0.15, -0.1) is 11.3 Å². The van der Waals surface area contributed by atoms with E-state index in [0.29, 0.717) is 16.1 Å². The molecule has 0 radical (unpaired) electrons. The Labute approximate surface area is 170 Å². The highest BCUT2D eigenvalue weighted by molar-refractivity contribution is 7.17. The van der Waals surface area contributed by atoms with Crippen LogP contribution in [0.5, 0.6) is 0 Å². The normalized spacial score (nSPS) is 12.7. The first-order valence-corrected chi connectivity index (χ1v) is 9.76. The van der Waals surface area contributed by atoms with Gasteiger partial charge in [0.25, 0.3) is 17.5 Å². The van der Waals surface area contributed by atoms with Crippen LogP contribution in [-0.2, 0) is 22.4 Å². The number of anilines is 1. The van der Waals surface area contributed by atoms with Gasteiger partial charge in [-0.25, -0.2) is 4.79 Å². The molecular formula is C19H19N3O6S. The number of esters is 1. The molecule has 0 saturated carbocycles. The van der Waals surface area contributed by atoms with E-state index in [0.717, 1.165) is 42.2 Å². The lowest BCUT2D eigenvalue weighted by atomic mass is 9.95. The summed E-state index contributed by atoms with van der Waals surface area (Å²) in [6, 6.07) is 3.93. The predicted octanol–water partition coefficient (Wildman–Crippen LogP) is 2.74. The summed E-state index contributed by atoms with van der Waals surface area (Å²) >= 11 is 1.31. The number of thiophene rings is 1. The number of aryl methyl sites for hydroxylation is 2.